The predicted octanol–water partition coefficient (Wildman–Crippen LogP) is 1.96. The van der Waals surface area contributed by atoms with E-state index in [1.807, 2.05) is 0 Å². The van der Waals surface area contributed by atoms with E-state index in [9.17, 15) is 23.5 Å². The van der Waals surface area contributed by atoms with Gasteiger partial charge in [-0.1, -0.05) is 0 Å². The second-order valence-corrected chi connectivity index (χ2v) is 6.03. The number of nitro benzene ring substituents is 1. The summed E-state index contributed by atoms with van der Waals surface area (Å²) in [6.07, 6.45) is 1.53. The molecule has 0 saturated heterocycles. The van der Waals surface area contributed by atoms with Crippen LogP contribution in [0.3, 0.4) is 0 Å². The summed E-state index contributed by atoms with van der Waals surface area (Å²) in [5.74, 6) is -0.593. The average molecular weight is 317 g/mol. The maximum atomic E-state index is 13.7. The monoisotopic (exact) mass is 317 g/mol. The van der Waals surface area contributed by atoms with Crippen LogP contribution in [0.1, 0.15) is 6.92 Å². The number of benzene rings is 1. The van der Waals surface area contributed by atoms with Crippen LogP contribution in [0.25, 0.3) is 0 Å². The van der Waals surface area contributed by atoms with Gasteiger partial charge < -0.3 is 10.2 Å². The molecule has 2 atom stereocenters. The van der Waals surface area contributed by atoms with Crippen molar-refractivity contribution in [1.82, 2.24) is 4.90 Å². The summed E-state index contributed by atoms with van der Waals surface area (Å²) >= 11 is 0. The average Bonchev–Trinajstić information content (AvgIpc) is 2.38. The molecule has 21 heavy (non-hydrogen) atoms. The number of hydrogen-bond donors (Lipinski definition) is 1. The van der Waals surface area contributed by atoms with Gasteiger partial charge in [-0.3, -0.25) is 14.3 Å². The number of nitrogens with one attached hydrogen (secondary N) is 1. The minimum Gasteiger partial charge on any atom is -0.324 e. The first-order chi connectivity index (χ1) is 9.72. The lowest BCUT2D eigenvalue weighted by molar-refractivity contribution is -0.385. The van der Waals surface area contributed by atoms with E-state index >= 15 is 0 Å². The third-order valence-corrected chi connectivity index (χ3v) is 3.81. The minimum absolute atomic E-state index is 0.151. The van der Waals surface area contributed by atoms with Crippen molar-refractivity contribution in [2.24, 2.45) is 0 Å². The highest BCUT2D eigenvalue weighted by Gasteiger charge is 2.19. The van der Waals surface area contributed by atoms with Crippen molar-refractivity contribution in [2.45, 2.75) is 13.0 Å². The molecule has 1 rings (SSSR count). The summed E-state index contributed by atoms with van der Waals surface area (Å²) < 4.78 is 24.8. The first-order valence-corrected chi connectivity index (χ1v) is 7.73. The van der Waals surface area contributed by atoms with E-state index < -0.39 is 33.3 Å². The summed E-state index contributed by atoms with van der Waals surface area (Å²) in [5.41, 5.74) is -0.545. The van der Waals surface area contributed by atoms with Gasteiger partial charge in [0.05, 0.1) is 16.7 Å². The van der Waals surface area contributed by atoms with Crippen LogP contribution in [0.5, 0.6) is 0 Å². The quantitative estimate of drug-likeness (QED) is 0.663. The molecule has 0 unspecified atom stereocenters. The Morgan fingerprint density at radius 1 is 1.57 bits per heavy atom. The Kier molecular flexibility index (Phi) is 5.77. The van der Waals surface area contributed by atoms with Gasteiger partial charge in [0.25, 0.3) is 5.69 Å². The van der Waals surface area contributed by atoms with E-state index in [1.54, 1.807) is 6.92 Å². The fourth-order valence-electron chi connectivity index (χ4n) is 1.57. The van der Waals surface area contributed by atoms with Gasteiger partial charge in [-0.05, 0) is 13.0 Å². The van der Waals surface area contributed by atoms with Gasteiger partial charge >= 0.3 is 6.03 Å². The molecule has 2 amide bonds. The molecule has 0 saturated carbocycles. The highest BCUT2D eigenvalue weighted by Crippen LogP contribution is 2.20. The molecule has 0 aliphatic rings. The number of anilines is 1. The van der Waals surface area contributed by atoms with E-state index in [1.165, 1.54) is 18.2 Å². The molecule has 9 heteroatoms. The van der Waals surface area contributed by atoms with Gasteiger partial charge in [-0.25, -0.2) is 9.18 Å². The van der Waals surface area contributed by atoms with Crippen LogP contribution in [-0.4, -0.2) is 45.2 Å². The molecule has 0 fully saturated rings. The molecular weight excluding hydrogens is 301 g/mol. The van der Waals surface area contributed by atoms with E-state index in [2.05, 4.69) is 5.32 Å². The van der Waals surface area contributed by atoms with Crippen molar-refractivity contribution in [2.75, 3.05) is 24.4 Å². The second kappa shape index (κ2) is 7.11. The van der Waals surface area contributed by atoms with Crippen LogP contribution in [-0.2, 0) is 10.8 Å². The van der Waals surface area contributed by atoms with Crippen LogP contribution in [0, 0.1) is 15.9 Å². The van der Waals surface area contributed by atoms with E-state index in [-0.39, 0.29) is 11.7 Å². The zero-order valence-corrected chi connectivity index (χ0v) is 12.6. The molecule has 1 aromatic rings. The van der Waals surface area contributed by atoms with Gasteiger partial charge in [-0.2, -0.15) is 0 Å². The number of hydrogen-bond acceptors (Lipinski definition) is 4. The number of urea groups is 1. The minimum atomic E-state index is -1.06. The standard InChI is InChI=1S/C12H16FN3O4S/c1-8(7-21(3)20)15(2)12(17)14-11-5-4-9(16(18)19)6-10(11)13/h4-6,8H,7H2,1-3H3,(H,14,17)/t8-,21-/m1/s1. The molecule has 7 nitrogen and oxygen atoms in total. The molecule has 0 radical (unpaired) electrons. The topological polar surface area (TPSA) is 92.6 Å². The lowest BCUT2D eigenvalue weighted by Gasteiger charge is -2.24. The van der Waals surface area contributed by atoms with Crippen LogP contribution in [0.2, 0.25) is 0 Å². The largest absolute Gasteiger partial charge is 0.324 e. The number of carbonyl (C=O) groups is 1. The maximum Gasteiger partial charge on any atom is 0.321 e. The van der Waals surface area contributed by atoms with Crippen molar-refractivity contribution in [1.29, 1.82) is 0 Å². The van der Waals surface area contributed by atoms with Crippen LogP contribution >= 0.6 is 0 Å². The zero-order chi connectivity index (χ0) is 16.2. The van der Waals surface area contributed by atoms with Crippen molar-refractivity contribution in [3.8, 4) is 0 Å². The van der Waals surface area contributed by atoms with E-state index in [4.69, 9.17) is 0 Å². The Hall–Kier alpha value is -2.03. The molecule has 0 aliphatic heterocycles. The fraction of sp³-hybridized carbons (Fsp3) is 0.417. The van der Waals surface area contributed by atoms with Crippen LogP contribution in [0.15, 0.2) is 18.2 Å². The van der Waals surface area contributed by atoms with Crippen molar-refractivity contribution in [3.63, 3.8) is 0 Å². The van der Waals surface area contributed by atoms with Gasteiger partial charge in [0.2, 0.25) is 0 Å². The Bertz CT molecular complexity index is 582. The first-order valence-electron chi connectivity index (χ1n) is 6.00. The second-order valence-electron chi connectivity index (χ2n) is 4.55. The molecule has 0 spiro atoms. The molecule has 0 bridgehead atoms. The highest BCUT2D eigenvalue weighted by molar-refractivity contribution is 7.84. The Labute approximate surface area is 123 Å². The first kappa shape index (κ1) is 17.0. The summed E-state index contributed by atoms with van der Waals surface area (Å²) in [6, 6.07) is 2.09. The number of rotatable bonds is 5. The third-order valence-electron chi connectivity index (χ3n) is 2.86. The Morgan fingerprint density at radius 3 is 2.67 bits per heavy atom. The number of nitrogens with zero attached hydrogens (tertiary/aromatic N) is 2. The molecule has 0 aromatic heterocycles. The maximum absolute atomic E-state index is 13.7. The summed E-state index contributed by atoms with van der Waals surface area (Å²) in [4.78, 5) is 23.0. The van der Waals surface area contributed by atoms with Crippen molar-refractivity contribution in [3.05, 3.63) is 34.1 Å². The van der Waals surface area contributed by atoms with E-state index in [0.717, 1.165) is 18.2 Å². The molecular formula is C12H16FN3O4S. The Balaban J connectivity index is 2.79. The molecule has 0 aliphatic carbocycles. The SMILES string of the molecule is C[C@H](C[S@@](C)=O)N(C)C(=O)Nc1ccc([N+](=O)[O-])cc1F. The zero-order valence-electron chi connectivity index (χ0n) is 11.8. The number of carbonyl (C=O) groups excluding carboxylic acids is 1. The van der Waals surface area contributed by atoms with Crippen molar-refractivity contribution >= 4 is 28.2 Å². The predicted molar refractivity (Wildman–Crippen MR) is 78.2 cm³/mol. The fourth-order valence-corrected chi connectivity index (χ4v) is 2.48. The van der Waals surface area contributed by atoms with Gasteiger partial charge in [0.1, 0.15) is 0 Å². The van der Waals surface area contributed by atoms with Crippen LogP contribution in [0.4, 0.5) is 20.6 Å². The number of non-ortho nitro benzene ring substituents is 1. The number of amides is 2. The van der Waals surface area contributed by atoms with Gasteiger partial charge in [0, 0.05) is 42.0 Å². The third kappa shape index (κ3) is 4.78. The van der Waals surface area contributed by atoms with E-state index in [0.29, 0.717) is 5.75 Å². The molecule has 1 N–H and O–H groups in total. The molecule has 1 aromatic carbocycles. The number of halogens is 1. The summed E-state index contributed by atoms with van der Waals surface area (Å²) in [5, 5.41) is 12.8. The van der Waals surface area contributed by atoms with Gasteiger partial charge in [0.15, 0.2) is 5.82 Å². The normalized spacial score (nSPS) is 13.3. The Morgan fingerprint density at radius 2 is 2.19 bits per heavy atom. The lowest BCUT2D eigenvalue weighted by Crippen LogP contribution is -2.41. The van der Waals surface area contributed by atoms with Crippen molar-refractivity contribution < 1.29 is 18.3 Å². The molecule has 116 valence electrons. The smallest absolute Gasteiger partial charge is 0.321 e. The highest BCUT2D eigenvalue weighted by atomic mass is 32.2. The van der Waals surface area contributed by atoms with Gasteiger partial charge in [-0.15, -0.1) is 0 Å². The summed E-state index contributed by atoms with van der Waals surface area (Å²) in [7, 11) is 0.433. The lowest BCUT2D eigenvalue weighted by atomic mass is 10.2. The summed E-state index contributed by atoms with van der Waals surface area (Å²) in [6.45, 7) is 1.72. The number of nitro groups is 1. The van der Waals surface area contributed by atoms with Crippen LogP contribution < -0.4 is 5.32 Å². The molecule has 0 heterocycles.